The maximum absolute atomic E-state index is 13.4. The van der Waals surface area contributed by atoms with Gasteiger partial charge >= 0.3 is 0 Å². The SMILES string of the molecule is O=C(N[C@H](c1ccc(F)cc1)c1cccs1)C1CCN(S(=O)(=O)c2ccc(F)cc2)CC1. The summed E-state index contributed by atoms with van der Waals surface area (Å²) in [6.07, 6.45) is 0.764. The molecule has 0 spiro atoms. The Morgan fingerprint density at radius 3 is 2.12 bits per heavy atom. The topological polar surface area (TPSA) is 66.5 Å². The van der Waals surface area contributed by atoms with Gasteiger partial charge in [-0.1, -0.05) is 18.2 Å². The number of carbonyl (C=O) groups excluding carboxylic acids is 1. The van der Waals surface area contributed by atoms with Crippen LogP contribution in [0.25, 0.3) is 0 Å². The zero-order chi connectivity index (χ0) is 22.7. The lowest BCUT2D eigenvalue weighted by Crippen LogP contribution is -2.43. The number of hydrogen-bond acceptors (Lipinski definition) is 4. The van der Waals surface area contributed by atoms with Crippen molar-refractivity contribution in [2.24, 2.45) is 5.92 Å². The van der Waals surface area contributed by atoms with E-state index in [0.29, 0.717) is 12.8 Å². The van der Waals surface area contributed by atoms with Gasteiger partial charge < -0.3 is 5.32 Å². The van der Waals surface area contributed by atoms with E-state index in [2.05, 4.69) is 5.32 Å². The van der Waals surface area contributed by atoms with E-state index in [1.54, 1.807) is 12.1 Å². The van der Waals surface area contributed by atoms with Crippen LogP contribution < -0.4 is 5.32 Å². The van der Waals surface area contributed by atoms with Crippen molar-refractivity contribution < 1.29 is 22.0 Å². The van der Waals surface area contributed by atoms with Crippen molar-refractivity contribution in [3.63, 3.8) is 0 Å². The Labute approximate surface area is 189 Å². The predicted octanol–water partition coefficient (Wildman–Crippen LogP) is 4.33. The molecule has 1 amide bonds. The molecule has 1 atom stereocenters. The van der Waals surface area contributed by atoms with Crippen molar-refractivity contribution in [2.45, 2.75) is 23.8 Å². The number of carbonyl (C=O) groups is 1. The van der Waals surface area contributed by atoms with Gasteiger partial charge in [0.15, 0.2) is 0 Å². The molecule has 0 radical (unpaired) electrons. The molecule has 4 rings (SSSR count). The second-order valence-corrected chi connectivity index (χ2v) is 10.6. The molecular formula is C23H22F2N2O3S2. The minimum absolute atomic E-state index is 0.0378. The average Bonchev–Trinajstić information content (AvgIpc) is 3.33. The molecule has 0 saturated carbocycles. The third-order valence-electron chi connectivity index (χ3n) is 5.59. The Morgan fingerprint density at radius 1 is 0.969 bits per heavy atom. The number of amides is 1. The minimum Gasteiger partial charge on any atom is -0.344 e. The molecule has 1 fully saturated rings. The predicted molar refractivity (Wildman–Crippen MR) is 119 cm³/mol. The van der Waals surface area contributed by atoms with Crippen LogP contribution in [-0.4, -0.2) is 31.7 Å². The molecule has 3 aromatic rings. The second kappa shape index (κ2) is 9.48. The van der Waals surface area contributed by atoms with E-state index in [9.17, 15) is 22.0 Å². The highest BCUT2D eigenvalue weighted by molar-refractivity contribution is 7.89. The summed E-state index contributed by atoms with van der Waals surface area (Å²) in [6.45, 7) is 0.413. The fourth-order valence-electron chi connectivity index (χ4n) is 3.80. The van der Waals surface area contributed by atoms with Gasteiger partial charge in [-0.25, -0.2) is 17.2 Å². The number of rotatable bonds is 6. The van der Waals surface area contributed by atoms with Crippen molar-refractivity contribution >= 4 is 27.3 Å². The first-order chi connectivity index (χ1) is 15.3. The molecule has 1 saturated heterocycles. The molecule has 1 aromatic heterocycles. The largest absolute Gasteiger partial charge is 0.344 e. The quantitative estimate of drug-likeness (QED) is 0.576. The highest BCUT2D eigenvalue weighted by Crippen LogP contribution is 2.29. The van der Waals surface area contributed by atoms with E-state index < -0.39 is 21.9 Å². The highest BCUT2D eigenvalue weighted by Gasteiger charge is 2.33. The van der Waals surface area contributed by atoms with Crippen LogP contribution in [0.15, 0.2) is 70.9 Å². The normalized spacial score (nSPS) is 16.6. The summed E-state index contributed by atoms with van der Waals surface area (Å²) in [5, 5.41) is 4.97. The first-order valence-electron chi connectivity index (χ1n) is 10.2. The number of halogens is 2. The van der Waals surface area contributed by atoms with Gasteiger partial charge in [0.05, 0.1) is 10.9 Å². The smallest absolute Gasteiger partial charge is 0.243 e. The number of hydrogen-bond donors (Lipinski definition) is 1. The van der Waals surface area contributed by atoms with Crippen LogP contribution in [0, 0.1) is 17.6 Å². The maximum atomic E-state index is 13.4. The summed E-state index contributed by atoms with van der Waals surface area (Å²) in [5.41, 5.74) is 0.776. The van der Waals surface area contributed by atoms with Gasteiger partial charge in [-0.3, -0.25) is 4.79 Å². The van der Waals surface area contributed by atoms with Crippen LogP contribution in [-0.2, 0) is 14.8 Å². The monoisotopic (exact) mass is 476 g/mol. The van der Waals surface area contributed by atoms with Crippen LogP contribution >= 0.6 is 11.3 Å². The molecule has 5 nitrogen and oxygen atoms in total. The lowest BCUT2D eigenvalue weighted by atomic mass is 9.96. The van der Waals surface area contributed by atoms with Gasteiger partial charge in [0.1, 0.15) is 11.6 Å². The van der Waals surface area contributed by atoms with Crippen molar-refractivity contribution in [3.05, 3.63) is 88.1 Å². The number of nitrogens with zero attached hydrogens (tertiary/aromatic N) is 1. The molecule has 32 heavy (non-hydrogen) atoms. The Hall–Kier alpha value is -2.62. The molecule has 168 valence electrons. The lowest BCUT2D eigenvalue weighted by molar-refractivity contribution is -0.126. The van der Waals surface area contributed by atoms with Crippen LogP contribution in [0.2, 0.25) is 0 Å². The third kappa shape index (κ3) is 4.90. The molecule has 2 heterocycles. The summed E-state index contributed by atoms with van der Waals surface area (Å²) < 4.78 is 53.4. The standard InChI is InChI=1S/C23H22F2N2O3S2/c24-18-5-3-16(4-6-18)22(21-2-1-15-31-21)26-23(28)17-11-13-27(14-12-17)32(29,30)20-9-7-19(25)8-10-20/h1-10,15,17,22H,11-14H2,(H,26,28)/t22-/m1/s1. The number of thiophene rings is 1. The summed E-state index contributed by atoms with van der Waals surface area (Å²) >= 11 is 1.50. The summed E-state index contributed by atoms with van der Waals surface area (Å²) in [6, 6.07) is 14.2. The van der Waals surface area contributed by atoms with Crippen molar-refractivity contribution in [1.29, 1.82) is 0 Å². The Kier molecular flexibility index (Phi) is 6.68. The van der Waals surface area contributed by atoms with Crippen molar-refractivity contribution in [2.75, 3.05) is 13.1 Å². The molecule has 1 N–H and O–H groups in total. The summed E-state index contributed by atoms with van der Waals surface area (Å²) in [4.78, 5) is 14.0. The molecule has 9 heteroatoms. The van der Waals surface area contributed by atoms with Crippen LogP contribution in [0.3, 0.4) is 0 Å². The third-order valence-corrected chi connectivity index (χ3v) is 8.44. The first kappa shape index (κ1) is 22.6. The van der Waals surface area contributed by atoms with Crippen molar-refractivity contribution in [1.82, 2.24) is 9.62 Å². The zero-order valence-electron chi connectivity index (χ0n) is 17.1. The Bertz CT molecular complexity index is 1160. The number of nitrogens with one attached hydrogen (secondary N) is 1. The first-order valence-corrected chi connectivity index (χ1v) is 12.5. The number of sulfonamides is 1. The molecule has 0 bridgehead atoms. The molecular weight excluding hydrogens is 454 g/mol. The van der Waals surface area contributed by atoms with E-state index in [4.69, 9.17) is 0 Å². The summed E-state index contributed by atoms with van der Waals surface area (Å²) in [7, 11) is -3.73. The van der Waals surface area contributed by atoms with Gasteiger partial charge in [0, 0.05) is 23.9 Å². The fraction of sp³-hybridized carbons (Fsp3) is 0.261. The molecule has 0 unspecified atom stereocenters. The van der Waals surface area contributed by atoms with E-state index in [0.717, 1.165) is 22.6 Å². The fourth-order valence-corrected chi connectivity index (χ4v) is 6.08. The summed E-state index contributed by atoms with van der Waals surface area (Å²) in [5.74, 6) is -1.34. The maximum Gasteiger partial charge on any atom is 0.243 e. The lowest BCUT2D eigenvalue weighted by Gasteiger charge is -2.31. The van der Waals surface area contributed by atoms with Crippen LogP contribution in [0.5, 0.6) is 0 Å². The van der Waals surface area contributed by atoms with E-state index in [1.807, 2.05) is 17.5 Å². The highest BCUT2D eigenvalue weighted by atomic mass is 32.2. The molecule has 0 aliphatic carbocycles. The van der Waals surface area contributed by atoms with Crippen LogP contribution in [0.4, 0.5) is 8.78 Å². The number of piperidine rings is 1. The number of benzene rings is 2. The van der Waals surface area contributed by atoms with Crippen LogP contribution in [0.1, 0.15) is 29.3 Å². The minimum atomic E-state index is -3.73. The Balaban J connectivity index is 1.43. The van der Waals surface area contributed by atoms with Crippen molar-refractivity contribution in [3.8, 4) is 0 Å². The van der Waals surface area contributed by atoms with Gasteiger partial charge in [-0.15, -0.1) is 11.3 Å². The van der Waals surface area contributed by atoms with Gasteiger partial charge in [0.25, 0.3) is 0 Å². The molecule has 1 aliphatic heterocycles. The molecule has 2 aromatic carbocycles. The van der Waals surface area contributed by atoms with E-state index >= 15 is 0 Å². The van der Waals surface area contributed by atoms with E-state index in [-0.39, 0.29) is 35.6 Å². The van der Waals surface area contributed by atoms with Gasteiger partial charge in [-0.2, -0.15) is 4.31 Å². The zero-order valence-corrected chi connectivity index (χ0v) is 18.7. The second-order valence-electron chi connectivity index (χ2n) is 7.64. The van der Waals surface area contributed by atoms with Gasteiger partial charge in [0.2, 0.25) is 15.9 Å². The average molecular weight is 477 g/mol. The van der Waals surface area contributed by atoms with Gasteiger partial charge in [-0.05, 0) is 66.2 Å². The Morgan fingerprint density at radius 2 is 1.56 bits per heavy atom. The molecule has 1 aliphatic rings. The van der Waals surface area contributed by atoms with E-state index in [1.165, 1.54) is 39.9 Å².